The molecule has 0 aliphatic heterocycles. The van der Waals surface area contributed by atoms with E-state index in [1.165, 1.54) is 11.8 Å². The zero-order valence-corrected chi connectivity index (χ0v) is 11.6. The summed E-state index contributed by atoms with van der Waals surface area (Å²) in [6.07, 6.45) is 1.57. The van der Waals surface area contributed by atoms with Gasteiger partial charge >= 0.3 is 0 Å². The van der Waals surface area contributed by atoms with E-state index in [9.17, 15) is 4.79 Å². The number of halogens is 1. The average molecular weight is 282 g/mol. The normalized spacial score (nSPS) is 12.4. The zero-order chi connectivity index (χ0) is 13.1. The fourth-order valence-corrected chi connectivity index (χ4v) is 2.41. The van der Waals surface area contributed by atoms with Crippen LogP contribution in [0.3, 0.4) is 0 Å². The van der Waals surface area contributed by atoms with Gasteiger partial charge in [0.25, 0.3) is 5.22 Å². The number of ketones is 1. The summed E-state index contributed by atoms with van der Waals surface area (Å²) in [6.45, 7) is 3.68. The second-order valence-electron chi connectivity index (χ2n) is 3.89. The van der Waals surface area contributed by atoms with Gasteiger partial charge in [-0.15, -0.1) is 0 Å². The summed E-state index contributed by atoms with van der Waals surface area (Å²) in [4.78, 5) is 16.3. The Hall–Kier alpha value is -1.26. The van der Waals surface area contributed by atoms with Crippen LogP contribution in [0.15, 0.2) is 40.2 Å². The number of hydrogen-bond acceptors (Lipinski definition) is 4. The molecule has 2 aromatic rings. The maximum Gasteiger partial charge on any atom is 0.256 e. The van der Waals surface area contributed by atoms with Gasteiger partial charge in [0.05, 0.1) is 10.9 Å². The van der Waals surface area contributed by atoms with Crippen LogP contribution in [0.4, 0.5) is 0 Å². The van der Waals surface area contributed by atoms with Gasteiger partial charge in [0.1, 0.15) is 6.26 Å². The van der Waals surface area contributed by atoms with Crippen LogP contribution < -0.4 is 0 Å². The van der Waals surface area contributed by atoms with Gasteiger partial charge < -0.3 is 4.42 Å². The molecule has 0 bridgehead atoms. The maximum atomic E-state index is 12.1. The molecule has 5 heteroatoms. The van der Waals surface area contributed by atoms with E-state index in [4.69, 9.17) is 16.0 Å². The van der Waals surface area contributed by atoms with Crippen molar-refractivity contribution in [3.63, 3.8) is 0 Å². The summed E-state index contributed by atoms with van der Waals surface area (Å²) >= 11 is 7.10. The van der Waals surface area contributed by atoms with Gasteiger partial charge in [-0.25, -0.2) is 4.98 Å². The summed E-state index contributed by atoms with van der Waals surface area (Å²) in [5.74, 6) is 0.0347. The SMILES string of the molecule is Cc1coc(SC(C)C(=O)c2ccc(Cl)cc2)n1. The molecule has 1 unspecified atom stereocenters. The first kappa shape index (κ1) is 13.2. The van der Waals surface area contributed by atoms with Crippen LogP contribution in [0.2, 0.25) is 5.02 Å². The summed E-state index contributed by atoms with van der Waals surface area (Å²) in [7, 11) is 0. The van der Waals surface area contributed by atoms with Crippen molar-refractivity contribution in [2.75, 3.05) is 0 Å². The number of carbonyl (C=O) groups excluding carboxylic acids is 1. The molecule has 2 rings (SSSR count). The molecule has 1 heterocycles. The molecular formula is C13H12ClNO2S. The Morgan fingerprint density at radius 2 is 2.06 bits per heavy atom. The van der Waals surface area contributed by atoms with Crippen molar-refractivity contribution in [2.45, 2.75) is 24.3 Å². The molecular weight excluding hydrogens is 270 g/mol. The third-order valence-corrected chi connectivity index (χ3v) is 3.58. The quantitative estimate of drug-likeness (QED) is 0.627. The fraction of sp³-hybridized carbons (Fsp3) is 0.231. The van der Waals surface area contributed by atoms with E-state index in [0.29, 0.717) is 15.8 Å². The first-order valence-electron chi connectivity index (χ1n) is 5.45. The third-order valence-electron chi connectivity index (χ3n) is 2.37. The maximum absolute atomic E-state index is 12.1. The number of thioether (sulfide) groups is 1. The fourth-order valence-electron chi connectivity index (χ4n) is 1.44. The number of oxazole rings is 1. The van der Waals surface area contributed by atoms with Gasteiger partial charge in [-0.3, -0.25) is 4.79 Å². The minimum Gasteiger partial charge on any atom is -0.440 e. The second kappa shape index (κ2) is 5.59. The lowest BCUT2D eigenvalue weighted by Crippen LogP contribution is -2.13. The Balaban J connectivity index is 2.07. The number of aromatic nitrogens is 1. The molecule has 0 amide bonds. The number of hydrogen-bond donors (Lipinski definition) is 0. The van der Waals surface area contributed by atoms with Gasteiger partial charge in [-0.1, -0.05) is 23.4 Å². The predicted octanol–water partition coefficient (Wildman–Crippen LogP) is 4.00. The zero-order valence-electron chi connectivity index (χ0n) is 10.0. The Morgan fingerprint density at radius 1 is 1.39 bits per heavy atom. The predicted molar refractivity (Wildman–Crippen MR) is 72.3 cm³/mol. The number of aryl methyl sites for hydroxylation is 1. The van der Waals surface area contributed by atoms with Crippen molar-refractivity contribution < 1.29 is 9.21 Å². The molecule has 18 heavy (non-hydrogen) atoms. The summed E-state index contributed by atoms with van der Waals surface area (Å²) in [5, 5.41) is 0.890. The lowest BCUT2D eigenvalue weighted by molar-refractivity contribution is 0.0993. The van der Waals surface area contributed by atoms with E-state index < -0.39 is 0 Å². The lowest BCUT2D eigenvalue weighted by Gasteiger charge is -2.07. The van der Waals surface area contributed by atoms with E-state index >= 15 is 0 Å². The number of rotatable bonds is 4. The molecule has 0 radical (unpaired) electrons. The minimum absolute atomic E-state index is 0.0347. The Kier molecular flexibility index (Phi) is 4.09. The molecule has 0 saturated heterocycles. The molecule has 94 valence electrons. The number of nitrogens with zero attached hydrogens (tertiary/aromatic N) is 1. The largest absolute Gasteiger partial charge is 0.440 e. The van der Waals surface area contributed by atoms with Gasteiger partial charge in [0.2, 0.25) is 0 Å². The van der Waals surface area contributed by atoms with Crippen molar-refractivity contribution in [3.05, 3.63) is 46.8 Å². The molecule has 0 saturated carbocycles. The summed E-state index contributed by atoms with van der Waals surface area (Å²) in [5.41, 5.74) is 1.45. The van der Waals surface area contributed by atoms with Gasteiger partial charge in [-0.2, -0.15) is 0 Å². The first-order chi connectivity index (χ1) is 8.56. The standard InChI is InChI=1S/C13H12ClNO2S/c1-8-7-17-13(15-8)18-9(2)12(16)10-3-5-11(14)6-4-10/h3-7,9H,1-2H3. The molecule has 1 aromatic heterocycles. The number of carbonyl (C=O) groups is 1. The smallest absolute Gasteiger partial charge is 0.256 e. The molecule has 0 aliphatic rings. The van der Waals surface area contributed by atoms with E-state index in [-0.39, 0.29) is 11.0 Å². The van der Waals surface area contributed by atoms with E-state index in [1.807, 2.05) is 13.8 Å². The highest BCUT2D eigenvalue weighted by molar-refractivity contribution is 8.00. The minimum atomic E-state index is -0.246. The Morgan fingerprint density at radius 3 is 2.61 bits per heavy atom. The first-order valence-corrected chi connectivity index (χ1v) is 6.70. The average Bonchev–Trinajstić information content (AvgIpc) is 2.75. The van der Waals surface area contributed by atoms with E-state index in [0.717, 1.165) is 5.69 Å². The van der Waals surface area contributed by atoms with Crippen molar-refractivity contribution in [1.82, 2.24) is 4.98 Å². The topological polar surface area (TPSA) is 43.1 Å². The van der Waals surface area contributed by atoms with Crippen LogP contribution in [0.1, 0.15) is 23.0 Å². The molecule has 0 fully saturated rings. The Labute approximate surface area is 115 Å². The highest BCUT2D eigenvalue weighted by atomic mass is 35.5. The van der Waals surface area contributed by atoms with Crippen molar-refractivity contribution in [3.8, 4) is 0 Å². The van der Waals surface area contributed by atoms with Crippen molar-refractivity contribution in [1.29, 1.82) is 0 Å². The summed E-state index contributed by atoms with van der Waals surface area (Å²) < 4.78 is 5.22. The van der Waals surface area contributed by atoms with Gasteiger partial charge in [0, 0.05) is 10.6 Å². The van der Waals surface area contributed by atoms with E-state index in [2.05, 4.69) is 4.98 Å². The lowest BCUT2D eigenvalue weighted by atomic mass is 10.1. The van der Waals surface area contributed by atoms with Gasteiger partial charge in [-0.05, 0) is 38.1 Å². The van der Waals surface area contributed by atoms with Crippen LogP contribution in [-0.2, 0) is 0 Å². The van der Waals surface area contributed by atoms with Crippen molar-refractivity contribution >= 4 is 29.1 Å². The monoisotopic (exact) mass is 281 g/mol. The highest BCUT2D eigenvalue weighted by Gasteiger charge is 2.18. The van der Waals surface area contributed by atoms with Crippen LogP contribution in [0.5, 0.6) is 0 Å². The molecule has 1 aromatic carbocycles. The number of Topliss-reactive ketones (excluding diaryl/α,β-unsaturated/α-hetero) is 1. The van der Waals surface area contributed by atoms with Crippen LogP contribution in [0, 0.1) is 6.92 Å². The molecule has 3 nitrogen and oxygen atoms in total. The van der Waals surface area contributed by atoms with Crippen molar-refractivity contribution in [2.24, 2.45) is 0 Å². The molecule has 0 N–H and O–H groups in total. The third kappa shape index (κ3) is 3.15. The second-order valence-corrected chi connectivity index (χ2v) is 5.61. The molecule has 0 spiro atoms. The van der Waals surface area contributed by atoms with E-state index in [1.54, 1.807) is 30.5 Å². The van der Waals surface area contributed by atoms with Crippen LogP contribution >= 0.6 is 23.4 Å². The van der Waals surface area contributed by atoms with Gasteiger partial charge in [0.15, 0.2) is 5.78 Å². The summed E-state index contributed by atoms with van der Waals surface area (Å²) in [6, 6.07) is 6.87. The number of benzene rings is 1. The van der Waals surface area contributed by atoms with Crippen LogP contribution in [0.25, 0.3) is 0 Å². The molecule has 0 aliphatic carbocycles. The Bertz CT molecular complexity index is 550. The molecule has 1 atom stereocenters. The van der Waals surface area contributed by atoms with Crippen LogP contribution in [-0.4, -0.2) is 16.0 Å². The highest BCUT2D eigenvalue weighted by Crippen LogP contribution is 2.25.